The van der Waals surface area contributed by atoms with Gasteiger partial charge in [0.25, 0.3) is 5.91 Å². The molecule has 0 radical (unpaired) electrons. The Kier molecular flexibility index (Phi) is 4.43. The monoisotopic (exact) mass is 324 g/mol. The molecule has 2 heterocycles. The van der Waals surface area contributed by atoms with E-state index < -0.39 is 5.97 Å². The molecule has 1 N–H and O–H groups in total. The first-order valence-electron chi connectivity index (χ1n) is 6.35. The maximum absolute atomic E-state index is 12.4. The van der Waals surface area contributed by atoms with Gasteiger partial charge in [0.15, 0.2) is 0 Å². The van der Waals surface area contributed by atoms with Crippen molar-refractivity contribution in [3.63, 3.8) is 0 Å². The molecule has 2 aromatic heterocycles. The summed E-state index contributed by atoms with van der Waals surface area (Å²) in [4.78, 5) is 31.0. The lowest BCUT2D eigenvalue weighted by Gasteiger charge is -2.23. The predicted octanol–water partition coefficient (Wildman–Crippen LogP) is 3.35. The Hall–Kier alpha value is -1.73. The summed E-state index contributed by atoms with van der Waals surface area (Å²) in [5.74, 6) is -1.19. The van der Waals surface area contributed by atoms with Crippen molar-refractivity contribution in [1.29, 1.82) is 0 Å². The molecule has 0 saturated heterocycles. The molecule has 7 heteroatoms. The number of carboxylic acid groups (broad SMARTS) is 1. The highest BCUT2D eigenvalue weighted by atomic mass is 32.1. The minimum absolute atomic E-state index is 0.0981. The van der Waals surface area contributed by atoms with Crippen LogP contribution in [0.5, 0.6) is 0 Å². The number of carboxylic acids is 1. The summed E-state index contributed by atoms with van der Waals surface area (Å²) >= 11 is 2.57. The molecule has 1 atom stereocenters. The van der Waals surface area contributed by atoms with Gasteiger partial charge in [0.1, 0.15) is 4.88 Å². The van der Waals surface area contributed by atoms with Crippen LogP contribution in [0.1, 0.15) is 47.9 Å². The highest BCUT2D eigenvalue weighted by Gasteiger charge is 2.24. The fourth-order valence-corrected chi connectivity index (χ4v) is 3.88. The van der Waals surface area contributed by atoms with Crippen LogP contribution in [0.2, 0.25) is 0 Å². The molecule has 0 fully saturated rings. The molecule has 0 aromatic carbocycles. The fraction of sp³-hybridized carbons (Fsp3) is 0.357. The Balaban J connectivity index is 2.21. The number of aromatic nitrogens is 1. The van der Waals surface area contributed by atoms with Gasteiger partial charge in [-0.3, -0.25) is 4.79 Å². The third-order valence-electron chi connectivity index (χ3n) is 3.25. The molecule has 0 aliphatic heterocycles. The van der Waals surface area contributed by atoms with Crippen LogP contribution in [0.15, 0.2) is 12.1 Å². The van der Waals surface area contributed by atoms with Gasteiger partial charge in [0, 0.05) is 11.9 Å². The molecule has 112 valence electrons. The largest absolute Gasteiger partial charge is 0.477 e. The van der Waals surface area contributed by atoms with Crippen molar-refractivity contribution in [3.05, 3.63) is 37.5 Å². The molecule has 0 bridgehead atoms. The van der Waals surface area contributed by atoms with Crippen LogP contribution in [0.3, 0.4) is 0 Å². The Labute approximate surface area is 130 Å². The number of hydrogen-bond acceptors (Lipinski definition) is 5. The molecule has 0 saturated carbocycles. The van der Waals surface area contributed by atoms with Crippen LogP contribution in [-0.2, 0) is 0 Å². The zero-order valence-corrected chi connectivity index (χ0v) is 13.8. The lowest BCUT2D eigenvalue weighted by atomic mass is 10.2. The number of thiophene rings is 1. The van der Waals surface area contributed by atoms with Crippen LogP contribution in [-0.4, -0.2) is 33.9 Å². The molecular weight excluding hydrogens is 308 g/mol. The van der Waals surface area contributed by atoms with Crippen LogP contribution in [0, 0.1) is 13.8 Å². The second-order valence-corrected chi connectivity index (χ2v) is 7.06. The molecule has 2 rings (SSSR count). The van der Waals surface area contributed by atoms with Gasteiger partial charge in [-0.2, -0.15) is 0 Å². The quantitative estimate of drug-likeness (QED) is 0.936. The van der Waals surface area contributed by atoms with E-state index >= 15 is 0 Å². The number of rotatable bonds is 4. The van der Waals surface area contributed by atoms with Crippen LogP contribution < -0.4 is 0 Å². The Morgan fingerprint density at radius 1 is 1.24 bits per heavy atom. The topological polar surface area (TPSA) is 70.5 Å². The third-order valence-corrected chi connectivity index (χ3v) is 5.55. The van der Waals surface area contributed by atoms with Gasteiger partial charge in [-0.15, -0.1) is 22.7 Å². The van der Waals surface area contributed by atoms with E-state index in [1.165, 1.54) is 6.07 Å². The van der Waals surface area contributed by atoms with Gasteiger partial charge in [0.05, 0.1) is 21.6 Å². The van der Waals surface area contributed by atoms with Crippen molar-refractivity contribution in [1.82, 2.24) is 9.88 Å². The van der Waals surface area contributed by atoms with E-state index in [4.69, 9.17) is 5.11 Å². The number of nitrogens with zero attached hydrogens (tertiary/aromatic N) is 2. The summed E-state index contributed by atoms with van der Waals surface area (Å²) in [7, 11) is 1.72. The normalized spacial score (nSPS) is 12.2. The fourth-order valence-electron chi connectivity index (χ4n) is 2.03. The highest BCUT2D eigenvalue weighted by Crippen LogP contribution is 2.30. The smallest absolute Gasteiger partial charge is 0.345 e. The SMILES string of the molecule is Cc1nc(C)c(C(C)N(C)C(=O)c2ccc(C(=O)O)s2)s1. The van der Waals surface area contributed by atoms with E-state index in [9.17, 15) is 9.59 Å². The molecule has 1 amide bonds. The third kappa shape index (κ3) is 3.14. The van der Waals surface area contributed by atoms with Gasteiger partial charge < -0.3 is 10.0 Å². The van der Waals surface area contributed by atoms with Crippen LogP contribution in [0.4, 0.5) is 0 Å². The summed E-state index contributed by atoms with van der Waals surface area (Å²) in [6.45, 7) is 5.82. The zero-order chi connectivity index (χ0) is 15.7. The van der Waals surface area contributed by atoms with E-state index in [2.05, 4.69) is 4.98 Å². The average Bonchev–Trinajstić information content (AvgIpc) is 3.03. The van der Waals surface area contributed by atoms with Crippen molar-refractivity contribution in [2.45, 2.75) is 26.8 Å². The van der Waals surface area contributed by atoms with Crippen molar-refractivity contribution < 1.29 is 14.7 Å². The second kappa shape index (κ2) is 5.95. The maximum atomic E-state index is 12.4. The summed E-state index contributed by atoms with van der Waals surface area (Å²) in [6, 6.07) is 2.92. The first kappa shape index (κ1) is 15.7. The Morgan fingerprint density at radius 2 is 1.86 bits per heavy atom. The van der Waals surface area contributed by atoms with Crippen molar-refractivity contribution in [3.8, 4) is 0 Å². The number of carbonyl (C=O) groups is 2. The van der Waals surface area contributed by atoms with E-state index in [0.717, 1.165) is 26.9 Å². The lowest BCUT2D eigenvalue weighted by molar-refractivity contribution is 0.0701. The Morgan fingerprint density at radius 3 is 2.33 bits per heavy atom. The van der Waals surface area contributed by atoms with Gasteiger partial charge in [0.2, 0.25) is 0 Å². The summed E-state index contributed by atoms with van der Waals surface area (Å²) < 4.78 is 0. The molecule has 5 nitrogen and oxygen atoms in total. The first-order chi connectivity index (χ1) is 9.81. The second-order valence-electron chi connectivity index (χ2n) is 4.74. The zero-order valence-electron chi connectivity index (χ0n) is 12.2. The maximum Gasteiger partial charge on any atom is 0.345 e. The highest BCUT2D eigenvalue weighted by molar-refractivity contribution is 7.15. The standard InChI is InChI=1S/C14H16N2O3S2/c1-7-12(20-9(3)15-7)8(2)16(4)13(17)10-5-6-11(21-10)14(18)19/h5-6,8H,1-4H3,(H,18,19). The number of carbonyl (C=O) groups excluding carboxylic acids is 1. The van der Waals surface area contributed by atoms with Crippen molar-refractivity contribution in [2.75, 3.05) is 7.05 Å². The Bertz CT molecular complexity index is 690. The molecule has 0 aliphatic carbocycles. The van der Waals surface area contributed by atoms with E-state index in [1.54, 1.807) is 29.4 Å². The van der Waals surface area contributed by atoms with Gasteiger partial charge in [-0.05, 0) is 32.9 Å². The van der Waals surface area contributed by atoms with Crippen molar-refractivity contribution >= 4 is 34.6 Å². The minimum Gasteiger partial charge on any atom is -0.477 e. The number of thiazole rings is 1. The minimum atomic E-state index is -1.01. The molecular formula is C14H16N2O3S2. The molecule has 2 aromatic rings. The predicted molar refractivity (Wildman–Crippen MR) is 83.4 cm³/mol. The number of aryl methyl sites for hydroxylation is 2. The van der Waals surface area contributed by atoms with Crippen molar-refractivity contribution in [2.24, 2.45) is 0 Å². The molecule has 0 aliphatic rings. The van der Waals surface area contributed by atoms with E-state index in [1.807, 2.05) is 20.8 Å². The van der Waals surface area contributed by atoms with Gasteiger partial charge in [-0.25, -0.2) is 9.78 Å². The number of aromatic carboxylic acids is 1. The summed E-state index contributed by atoms with van der Waals surface area (Å²) in [6.07, 6.45) is 0. The number of hydrogen-bond donors (Lipinski definition) is 1. The lowest BCUT2D eigenvalue weighted by Crippen LogP contribution is -2.28. The first-order valence-corrected chi connectivity index (χ1v) is 7.98. The van der Waals surface area contributed by atoms with E-state index in [-0.39, 0.29) is 16.8 Å². The molecule has 21 heavy (non-hydrogen) atoms. The summed E-state index contributed by atoms with van der Waals surface area (Å²) in [5.41, 5.74) is 0.932. The summed E-state index contributed by atoms with van der Waals surface area (Å²) in [5, 5.41) is 9.90. The van der Waals surface area contributed by atoms with Crippen LogP contribution >= 0.6 is 22.7 Å². The molecule has 1 unspecified atom stereocenters. The van der Waals surface area contributed by atoms with Gasteiger partial charge in [-0.1, -0.05) is 0 Å². The van der Waals surface area contributed by atoms with E-state index in [0.29, 0.717) is 4.88 Å². The van der Waals surface area contributed by atoms with Gasteiger partial charge >= 0.3 is 5.97 Å². The molecule has 0 spiro atoms. The number of amides is 1. The van der Waals surface area contributed by atoms with Crippen LogP contribution in [0.25, 0.3) is 0 Å². The average molecular weight is 324 g/mol.